The Bertz CT molecular complexity index is 958. The predicted molar refractivity (Wildman–Crippen MR) is 93.8 cm³/mol. The van der Waals surface area contributed by atoms with E-state index in [2.05, 4.69) is 25.1 Å². The smallest absolute Gasteiger partial charge is 0.356 e. The Labute approximate surface area is 149 Å². The highest BCUT2D eigenvalue weighted by Gasteiger charge is 2.28. The normalized spacial score (nSPS) is 13.7. The number of carboxylic acid groups (broad SMARTS) is 1. The number of rotatable bonds is 4. The lowest BCUT2D eigenvalue weighted by Crippen LogP contribution is -2.32. The van der Waals surface area contributed by atoms with Crippen molar-refractivity contribution in [2.24, 2.45) is 7.05 Å². The highest BCUT2D eigenvalue weighted by atomic mass is 16.4. The van der Waals surface area contributed by atoms with E-state index in [4.69, 9.17) is 0 Å². The minimum atomic E-state index is -0.985. The van der Waals surface area contributed by atoms with Crippen LogP contribution in [0.4, 0.5) is 5.82 Å². The highest BCUT2D eigenvalue weighted by Crippen LogP contribution is 2.27. The zero-order valence-corrected chi connectivity index (χ0v) is 14.6. The summed E-state index contributed by atoms with van der Waals surface area (Å²) in [5, 5.41) is 17.8. The van der Waals surface area contributed by atoms with Crippen LogP contribution in [0, 0.1) is 0 Å². The van der Waals surface area contributed by atoms with Crippen molar-refractivity contribution in [3.05, 3.63) is 41.6 Å². The van der Waals surface area contributed by atoms with Gasteiger partial charge in [0.05, 0.1) is 0 Å². The summed E-state index contributed by atoms with van der Waals surface area (Å²) in [5.41, 5.74) is 2.82. The first-order chi connectivity index (χ1) is 12.6. The number of fused-ring (bicyclic) bond motifs is 1. The van der Waals surface area contributed by atoms with Crippen molar-refractivity contribution in [3.8, 4) is 11.4 Å². The van der Waals surface area contributed by atoms with Crippen molar-refractivity contribution in [1.82, 2.24) is 29.5 Å². The maximum Gasteiger partial charge on any atom is 0.356 e. The third-order valence-corrected chi connectivity index (χ3v) is 4.68. The molecule has 0 saturated carbocycles. The summed E-state index contributed by atoms with van der Waals surface area (Å²) in [4.78, 5) is 22.4. The number of hydrogen-bond acceptors (Lipinski definition) is 6. The Balaban J connectivity index is 1.62. The number of hydrogen-bond donors (Lipinski definition) is 1. The Morgan fingerprint density at radius 3 is 2.77 bits per heavy atom. The number of carboxylic acids is 1. The number of carbonyl (C=O) groups is 1. The topological polar surface area (TPSA) is 102 Å². The molecule has 9 nitrogen and oxygen atoms in total. The molecule has 134 valence electrons. The van der Waals surface area contributed by atoms with Gasteiger partial charge in [0.25, 0.3) is 0 Å². The molecule has 0 spiro atoms. The molecule has 0 bridgehead atoms. The summed E-state index contributed by atoms with van der Waals surface area (Å²) < 4.78 is 3.49. The van der Waals surface area contributed by atoms with Crippen molar-refractivity contribution in [2.75, 3.05) is 11.4 Å². The number of aromatic nitrogens is 6. The Kier molecular flexibility index (Phi) is 3.90. The third-order valence-electron chi connectivity index (χ3n) is 4.68. The van der Waals surface area contributed by atoms with Gasteiger partial charge < -0.3 is 10.0 Å². The van der Waals surface area contributed by atoms with Gasteiger partial charge in [0.2, 0.25) is 0 Å². The highest BCUT2D eigenvalue weighted by molar-refractivity contribution is 5.87. The molecule has 3 aromatic heterocycles. The molecule has 4 heterocycles. The van der Waals surface area contributed by atoms with Gasteiger partial charge in [-0.2, -0.15) is 10.2 Å². The molecule has 1 N–H and O–H groups in total. The Hall–Kier alpha value is -3.23. The summed E-state index contributed by atoms with van der Waals surface area (Å²) >= 11 is 0. The quantitative estimate of drug-likeness (QED) is 0.755. The molecule has 4 rings (SSSR count). The summed E-state index contributed by atoms with van der Waals surface area (Å²) in [6.07, 6.45) is 4.02. The molecule has 9 heteroatoms. The zero-order valence-electron chi connectivity index (χ0n) is 14.6. The molecule has 0 aliphatic carbocycles. The van der Waals surface area contributed by atoms with Crippen LogP contribution in [0.5, 0.6) is 0 Å². The van der Waals surface area contributed by atoms with Crippen LogP contribution >= 0.6 is 0 Å². The molecule has 0 fully saturated rings. The van der Waals surface area contributed by atoms with Crippen LogP contribution in [0.3, 0.4) is 0 Å². The number of pyridine rings is 1. The van der Waals surface area contributed by atoms with Crippen LogP contribution in [0.15, 0.2) is 24.7 Å². The van der Waals surface area contributed by atoms with Crippen LogP contribution in [0.1, 0.15) is 28.7 Å². The van der Waals surface area contributed by atoms with Crippen LogP contribution < -0.4 is 4.90 Å². The monoisotopic (exact) mass is 353 g/mol. The molecule has 0 aromatic carbocycles. The van der Waals surface area contributed by atoms with Gasteiger partial charge in [-0.15, -0.1) is 0 Å². The van der Waals surface area contributed by atoms with E-state index in [0.29, 0.717) is 13.1 Å². The van der Waals surface area contributed by atoms with Crippen molar-refractivity contribution in [2.45, 2.75) is 26.4 Å². The summed E-state index contributed by atoms with van der Waals surface area (Å²) in [5.74, 6) is 0.574. The zero-order chi connectivity index (χ0) is 18.3. The lowest BCUT2D eigenvalue weighted by Gasteiger charge is -2.28. The minimum absolute atomic E-state index is 0.141. The molecular weight excluding hydrogens is 334 g/mol. The van der Waals surface area contributed by atoms with Crippen LogP contribution in [-0.2, 0) is 26.6 Å². The van der Waals surface area contributed by atoms with Gasteiger partial charge in [0, 0.05) is 56.1 Å². The van der Waals surface area contributed by atoms with Crippen LogP contribution in [-0.4, -0.2) is 47.1 Å². The second kappa shape index (κ2) is 6.25. The maximum absolute atomic E-state index is 11.5. The van der Waals surface area contributed by atoms with Gasteiger partial charge in [0.1, 0.15) is 12.1 Å². The van der Waals surface area contributed by atoms with Crippen molar-refractivity contribution in [3.63, 3.8) is 0 Å². The molecule has 0 amide bonds. The molecule has 0 unspecified atom stereocenters. The molecular formula is C17H19N7O2. The summed E-state index contributed by atoms with van der Waals surface area (Å²) in [7, 11) is 1.83. The fourth-order valence-electron chi connectivity index (χ4n) is 3.38. The molecule has 0 saturated heterocycles. The van der Waals surface area contributed by atoms with Gasteiger partial charge in [-0.05, 0) is 19.1 Å². The SMILES string of the molecule is CCn1nc(C(=O)O)c2c1CCN(c1ccc(-c3ncnn3C)cn1)C2. The summed E-state index contributed by atoms with van der Waals surface area (Å²) in [6.45, 7) is 3.90. The Morgan fingerprint density at radius 2 is 2.15 bits per heavy atom. The van der Waals surface area contributed by atoms with Gasteiger partial charge in [-0.25, -0.2) is 19.4 Å². The summed E-state index contributed by atoms with van der Waals surface area (Å²) in [6, 6.07) is 3.88. The minimum Gasteiger partial charge on any atom is -0.476 e. The van der Waals surface area contributed by atoms with E-state index < -0.39 is 5.97 Å². The van der Waals surface area contributed by atoms with Crippen LogP contribution in [0.25, 0.3) is 11.4 Å². The molecule has 0 atom stereocenters. The largest absolute Gasteiger partial charge is 0.476 e. The van der Waals surface area contributed by atoms with Gasteiger partial charge in [-0.1, -0.05) is 0 Å². The second-order valence-electron chi connectivity index (χ2n) is 6.18. The number of aryl methyl sites for hydroxylation is 2. The Morgan fingerprint density at radius 1 is 1.31 bits per heavy atom. The van der Waals surface area contributed by atoms with Crippen molar-refractivity contribution >= 4 is 11.8 Å². The lowest BCUT2D eigenvalue weighted by atomic mass is 10.0. The number of anilines is 1. The predicted octanol–water partition coefficient (Wildman–Crippen LogP) is 1.35. The first-order valence-corrected chi connectivity index (χ1v) is 8.45. The number of nitrogens with zero attached hydrogens (tertiary/aromatic N) is 7. The molecule has 0 radical (unpaired) electrons. The molecule has 3 aromatic rings. The van der Waals surface area contributed by atoms with E-state index in [1.165, 1.54) is 6.33 Å². The van der Waals surface area contributed by atoms with Gasteiger partial charge in [0.15, 0.2) is 11.5 Å². The average molecular weight is 353 g/mol. The fraction of sp³-hybridized carbons (Fsp3) is 0.353. The first-order valence-electron chi connectivity index (χ1n) is 8.45. The molecule has 1 aliphatic rings. The van der Waals surface area contributed by atoms with Gasteiger partial charge >= 0.3 is 5.97 Å². The second-order valence-corrected chi connectivity index (χ2v) is 6.18. The van der Waals surface area contributed by atoms with E-state index >= 15 is 0 Å². The fourth-order valence-corrected chi connectivity index (χ4v) is 3.38. The molecule has 1 aliphatic heterocycles. The van der Waals surface area contributed by atoms with E-state index in [1.54, 1.807) is 15.6 Å². The van der Waals surface area contributed by atoms with Crippen molar-refractivity contribution in [1.29, 1.82) is 0 Å². The van der Waals surface area contributed by atoms with E-state index in [-0.39, 0.29) is 5.69 Å². The maximum atomic E-state index is 11.5. The standard InChI is InChI=1S/C17H19N7O2/c1-3-24-13-6-7-23(9-12(13)15(21-24)17(25)26)14-5-4-11(8-18-14)16-19-10-20-22(16)2/h4-5,8,10H,3,6-7,9H2,1-2H3,(H,25,26). The lowest BCUT2D eigenvalue weighted by molar-refractivity contribution is 0.0688. The molecule has 26 heavy (non-hydrogen) atoms. The number of aromatic carboxylic acids is 1. The van der Waals surface area contributed by atoms with E-state index in [9.17, 15) is 9.90 Å². The average Bonchev–Trinajstić information content (AvgIpc) is 3.24. The van der Waals surface area contributed by atoms with E-state index in [0.717, 1.165) is 41.4 Å². The van der Waals surface area contributed by atoms with Gasteiger partial charge in [-0.3, -0.25) is 4.68 Å². The first kappa shape index (κ1) is 16.2. The van der Waals surface area contributed by atoms with Crippen LogP contribution in [0.2, 0.25) is 0 Å². The third kappa shape index (κ3) is 2.61. The van der Waals surface area contributed by atoms with Crippen molar-refractivity contribution < 1.29 is 9.90 Å². The van der Waals surface area contributed by atoms with E-state index in [1.807, 2.05) is 26.1 Å².